The summed E-state index contributed by atoms with van der Waals surface area (Å²) < 4.78 is 46.3. The summed E-state index contributed by atoms with van der Waals surface area (Å²) in [6.07, 6.45) is 1.55. The molecule has 0 atom stereocenters. The number of nitrogens with zero attached hydrogens (tertiary/aromatic N) is 2. The van der Waals surface area contributed by atoms with Crippen molar-refractivity contribution in [2.45, 2.75) is 38.5 Å². The Morgan fingerprint density at radius 2 is 1.93 bits per heavy atom. The van der Waals surface area contributed by atoms with Crippen molar-refractivity contribution < 1.29 is 17.9 Å². The summed E-state index contributed by atoms with van der Waals surface area (Å²) in [5.41, 5.74) is 0.121. The van der Waals surface area contributed by atoms with Gasteiger partial charge in [0.2, 0.25) is 0 Å². The number of nitrogens with one attached hydrogen (secondary N) is 2. The molecule has 0 unspecified atom stereocenters. The van der Waals surface area contributed by atoms with Crippen LogP contribution in [-0.2, 0) is 17.5 Å². The summed E-state index contributed by atoms with van der Waals surface area (Å²) >= 11 is 0. The fourth-order valence-corrected chi connectivity index (χ4v) is 3.40. The second-order valence-corrected chi connectivity index (χ2v) is 6.92. The van der Waals surface area contributed by atoms with E-state index in [1.54, 1.807) is 6.07 Å². The molecule has 1 saturated heterocycles. The normalized spacial score (nSPS) is 18.6. The number of rotatable bonds is 5. The van der Waals surface area contributed by atoms with E-state index in [1.807, 2.05) is 11.8 Å². The van der Waals surface area contributed by atoms with Crippen molar-refractivity contribution in [3.8, 4) is 0 Å². The molecule has 8 heteroatoms. The molecule has 1 aliphatic heterocycles. The summed E-state index contributed by atoms with van der Waals surface area (Å²) in [4.78, 5) is 6.32. The molecule has 0 amide bonds. The van der Waals surface area contributed by atoms with Crippen LogP contribution in [0.3, 0.4) is 0 Å². The highest BCUT2D eigenvalue weighted by Crippen LogP contribution is 2.35. The maximum atomic E-state index is 13.7. The Morgan fingerprint density at radius 1 is 1.21 bits per heavy atom. The molecule has 0 spiro atoms. The van der Waals surface area contributed by atoms with Crippen LogP contribution in [0.4, 0.5) is 18.9 Å². The Kier molecular flexibility index (Phi) is 6.83. The molecule has 5 nitrogen and oxygen atoms in total. The van der Waals surface area contributed by atoms with Gasteiger partial charge in [0.1, 0.15) is 0 Å². The molecule has 1 aromatic rings. The van der Waals surface area contributed by atoms with Crippen LogP contribution in [-0.4, -0.2) is 44.8 Å². The molecule has 28 heavy (non-hydrogen) atoms. The molecule has 1 heterocycles. The van der Waals surface area contributed by atoms with Crippen LogP contribution < -0.4 is 15.5 Å². The highest BCUT2D eigenvalue weighted by molar-refractivity contribution is 5.80. The predicted molar refractivity (Wildman–Crippen MR) is 105 cm³/mol. The average Bonchev–Trinajstić information content (AvgIpc) is 3.19. The van der Waals surface area contributed by atoms with Crippen molar-refractivity contribution in [1.82, 2.24) is 10.6 Å². The van der Waals surface area contributed by atoms with Crippen LogP contribution >= 0.6 is 0 Å². The van der Waals surface area contributed by atoms with Gasteiger partial charge in [-0.25, -0.2) is 4.99 Å². The van der Waals surface area contributed by atoms with Gasteiger partial charge in [-0.2, -0.15) is 13.2 Å². The van der Waals surface area contributed by atoms with E-state index >= 15 is 0 Å². The minimum atomic E-state index is -4.42. The van der Waals surface area contributed by atoms with Crippen molar-refractivity contribution in [3.63, 3.8) is 0 Å². The van der Waals surface area contributed by atoms with Crippen molar-refractivity contribution in [3.05, 3.63) is 41.5 Å². The van der Waals surface area contributed by atoms with Gasteiger partial charge in [0.15, 0.2) is 5.96 Å². The zero-order valence-corrected chi connectivity index (χ0v) is 16.1. The minimum Gasteiger partial charge on any atom is -0.378 e. The van der Waals surface area contributed by atoms with Crippen LogP contribution in [0.1, 0.15) is 30.9 Å². The fourth-order valence-electron chi connectivity index (χ4n) is 3.40. The Hall–Kier alpha value is -2.22. The van der Waals surface area contributed by atoms with Gasteiger partial charge >= 0.3 is 6.18 Å². The molecular formula is C20H27F3N4O. The molecule has 3 rings (SSSR count). The van der Waals surface area contributed by atoms with E-state index in [4.69, 9.17) is 4.74 Å². The van der Waals surface area contributed by atoms with Crippen LogP contribution in [0.2, 0.25) is 0 Å². The lowest BCUT2D eigenvalue weighted by Gasteiger charge is -2.29. The third-order valence-corrected chi connectivity index (χ3v) is 4.88. The number of alkyl halides is 3. The maximum absolute atomic E-state index is 13.7. The second kappa shape index (κ2) is 9.32. The number of hydrogen-bond donors (Lipinski definition) is 2. The number of ether oxygens (including phenoxy) is 1. The summed E-state index contributed by atoms with van der Waals surface area (Å²) in [6, 6.07) is 4.76. The first-order chi connectivity index (χ1) is 13.5. The highest BCUT2D eigenvalue weighted by atomic mass is 19.4. The highest BCUT2D eigenvalue weighted by Gasteiger charge is 2.34. The van der Waals surface area contributed by atoms with Crippen LogP contribution in [0.5, 0.6) is 0 Å². The summed E-state index contributed by atoms with van der Waals surface area (Å²) in [5.74, 6) is 0.543. The molecule has 2 N–H and O–H groups in total. The Bertz CT molecular complexity index is 704. The van der Waals surface area contributed by atoms with Gasteiger partial charge in [-0.15, -0.1) is 0 Å². The van der Waals surface area contributed by atoms with Crippen LogP contribution in [0.25, 0.3) is 0 Å². The van der Waals surface area contributed by atoms with E-state index in [2.05, 4.69) is 27.8 Å². The topological polar surface area (TPSA) is 48.9 Å². The third kappa shape index (κ3) is 5.41. The van der Waals surface area contributed by atoms with Gasteiger partial charge in [-0.1, -0.05) is 18.2 Å². The van der Waals surface area contributed by atoms with Crippen molar-refractivity contribution in [1.29, 1.82) is 0 Å². The fraction of sp³-hybridized carbons (Fsp3) is 0.550. The summed E-state index contributed by atoms with van der Waals surface area (Å²) in [5, 5.41) is 6.39. The largest absolute Gasteiger partial charge is 0.416 e. The standard InChI is InChI=1S/C20H27F3N4O/c1-2-24-19(26-16-5-3-4-6-16)25-14-15-7-8-17(13-18(15)20(21,22)23)27-9-11-28-12-10-27/h3-4,7-8,13,16H,2,5-6,9-12,14H2,1H3,(H2,24,25,26). The lowest BCUT2D eigenvalue weighted by atomic mass is 10.1. The van der Waals surface area contributed by atoms with E-state index in [-0.39, 0.29) is 18.2 Å². The van der Waals surface area contributed by atoms with Crippen molar-refractivity contribution >= 4 is 11.6 Å². The lowest BCUT2D eigenvalue weighted by Crippen LogP contribution is -2.42. The van der Waals surface area contributed by atoms with Gasteiger partial charge in [0.05, 0.1) is 25.3 Å². The SMILES string of the molecule is CCNC(=NCc1ccc(N2CCOCC2)cc1C(F)(F)F)NC1CC=CC1. The van der Waals surface area contributed by atoms with E-state index in [0.717, 1.165) is 12.8 Å². The second-order valence-electron chi connectivity index (χ2n) is 6.92. The average molecular weight is 396 g/mol. The van der Waals surface area contributed by atoms with Gasteiger partial charge in [-0.05, 0) is 37.5 Å². The van der Waals surface area contributed by atoms with Gasteiger partial charge in [0, 0.05) is 31.4 Å². The number of hydrogen-bond acceptors (Lipinski definition) is 3. The maximum Gasteiger partial charge on any atom is 0.416 e. The first-order valence-corrected chi connectivity index (χ1v) is 9.70. The molecule has 0 radical (unpaired) electrons. The lowest BCUT2D eigenvalue weighted by molar-refractivity contribution is -0.138. The van der Waals surface area contributed by atoms with E-state index < -0.39 is 11.7 Å². The van der Waals surface area contributed by atoms with Crippen LogP contribution in [0.15, 0.2) is 35.3 Å². The van der Waals surface area contributed by atoms with E-state index in [9.17, 15) is 13.2 Å². The van der Waals surface area contributed by atoms with Gasteiger partial charge in [-0.3, -0.25) is 0 Å². The summed E-state index contributed by atoms with van der Waals surface area (Å²) in [6.45, 7) is 4.80. The number of halogens is 3. The molecular weight excluding hydrogens is 369 g/mol. The Balaban J connectivity index is 1.78. The Labute approximate surface area is 163 Å². The number of aliphatic imine (C=N–C) groups is 1. The molecule has 1 fully saturated rings. The number of guanidine groups is 1. The predicted octanol–water partition coefficient (Wildman–Crippen LogP) is 3.32. The minimum absolute atomic E-state index is 0.0340. The van der Waals surface area contributed by atoms with Crippen molar-refractivity contribution in [2.75, 3.05) is 37.7 Å². The van der Waals surface area contributed by atoms with Crippen LogP contribution in [0, 0.1) is 0 Å². The van der Waals surface area contributed by atoms with Gasteiger partial charge < -0.3 is 20.3 Å². The first kappa shape index (κ1) is 20.5. The number of morpholine rings is 1. The van der Waals surface area contributed by atoms with Crippen molar-refractivity contribution in [2.24, 2.45) is 4.99 Å². The molecule has 154 valence electrons. The Morgan fingerprint density at radius 3 is 2.57 bits per heavy atom. The molecule has 1 aliphatic carbocycles. The number of anilines is 1. The van der Waals surface area contributed by atoms with Gasteiger partial charge in [0.25, 0.3) is 0 Å². The number of benzene rings is 1. The molecule has 1 aromatic carbocycles. The molecule has 0 saturated carbocycles. The van der Waals surface area contributed by atoms with E-state index in [1.165, 1.54) is 12.1 Å². The van der Waals surface area contributed by atoms with E-state index in [0.29, 0.717) is 44.5 Å². The first-order valence-electron chi connectivity index (χ1n) is 9.70. The quantitative estimate of drug-likeness (QED) is 0.456. The zero-order valence-electron chi connectivity index (χ0n) is 16.1. The third-order valence-electron chi connectivity index (χ3n) is 4.88. The zero-order chi connectivity index (χ0) is 20.0. The molecule has 2 aliphatic rings. The summed E-state index contributed by atoms with van der Waals surface area (Å²) in [7, 11) is 0. The molecule has 0 bridgehead atoms. The monoisotopic (exact) mass is 396 g/mol. The smallest absolute Gasteiger partial charge is 0.378 e. The molecule has 0 aromatic heterocycles.